The van der Waals surface area contributed by atoms with Gasteiger partial charge in [0.15, 0.2) is 0 Å². The number of fused-ring (bicyclic) bond motifs is 1. The van der Waals surface area contributed by atoms with Crippen LogP contribution in [0.15, 0.2) is 48.5 Å². The van der Waals surface area contributed by atoms with Gasteiger partial charge in [0.25, 0.3) is 5.91 Å². The summed E-state index contributed by atoms with van der Waals surface area (Å²) < 4.78 is 0. The SMILES string of the molecule is CNC(=O)c1cccc(NC(=O)[C@H]2SCCc3ccccc32)c1. The van der Waals surface area contributed by atoms with Crippen molar-refractivity contribution in [1.82, 2.24) is 5.32 Å². The average molecular weight is 326 g/mol. The molecule has 0 aromatic heterocycles. The second-order valence-corrected chi connectivity index (χ2v) is 6.56. The van der Waals surface area contributed by atoms with E-state index in [2.05, 4.69) is 16.7 Å². The molecular formula is C18H18N2O2S. The van der Waals surface area contributed by atoms with E-state index in [1.54, 1.807) is 43.1 Å². The standard InChI is InChI=1S/C18H18N2O2S/c1-19-17(21)13-6-4-7-14(11-13)20-18(22)16-15-8-3-2-5-12(15)9-10-23-16/h2-8,11,16H,9-10H2,1H3,(H,19,21)(H,20,22)/t16-/m0/s1. The Morgan fingerprint density at radius 1 is 1.13 bits per heavy atom. The van der Waals surface area contributed by atoms with Crippen molar-refractivity contribution >= 4 is 29.3 Å². The number of carbonyl (C=O) groups excluding carboxylic acids is 2. The summed E-state index contributed by atoms with van der Waals surface area (Å²) >= 11 is 1.66. The molecule has 2 amide bonds. The Balaban J connectivity index is 1.79. The molecule has 1 aliphatic rings. The van der Waals surface area contributed by atoms with Crippen LogP contribution in [0.4, 0.5) is 5.69 Å². The maximum atomic E-state index is 12.6. The lowest BCUT2D eigenvalue weighted by Gasteiger charge is -2.24. The first kappa shape index (κ1) is 15.6. The molecule has 0 saturated carbocycles. The minimum absolute atomic E-state index is 0.0452. The molecule has 23 heavy (non-hydrogen) atoms. The number of thioether (sulfide) groups is 1. The van der Waals surface area contributed by atoms with Gasteiger partial charge in [-0.25, -0.2) is 0 Å². The molecule has 3 rings (SSSR count). The summed E-state index contributed by atoms with van der Waals surface area (Å²) in [6, 6.07) is 15.1. The predicted molar refractivity (Wildman–Crippen MR) is 93.8 cm³/mol. The summed E-state index contributed by atoms with van der Waals surface area (Å²) in [6.07, 6.45) is 0.997. The van der Waals surface area contributed by atoms with Crippen LogP contribution in [0.25, 0.3) is 0 Å². The maximum absolute atomic E-state index is 12.6. The van der Waals surface area contributed by atoms with Crippen molar-refractivity contribution in [3.05, 3.63) is 65.2 Å². The van der Waals surface area contributed by atoms with Crippen molar-refractivity contribution in [3.8, 4) is 0 Å². The van der Waals surface area contributed by atoms with Crippen LogP contribution in [0, 0.1) is 0 Å². The minimum atomic E-state index is -0.205. The molecule has 1 aliphatic heterocycles. The largest absolute Gasteiger partial charge is 0.355 e. The number of hydrogen-bond acceptors (Lipinski definition) is 3. The van der Waals surface area contributed by atoms with Gasteiger partial charge in [0, 0.05) is 18.3 Å². The first-order valence-electron chi connectivity index (χ1n) is 7.51. The number of benzene rings is 2. The van der Waals surface area contributed by atoms with Gasteiger partial charge in [-0.15, -0.1) is 11.8 Å². The van der Waals surface area contributed by atoms with Gasteiger partial charge in [-0.3, -0.25) is 9.59 Å². The normalized spacial score (nSPS) is 16.3. The molecule has 0 aliphatic carbocycles. The van der Waals surface area contributed by atoms with Crippen molar-refractivity contribution in [1.29, 1.82) is 0 Å². The molecule has 2 aromatic carbocycles. The highest BCUT2D eigenvalue weighted by atomic mass is 32.2. The molecule has 1 heterocycles. The Hall–Kier alpha value is -2.27. The number of anilines is 1. The quantitative estimate of drug-likeness (QED) is 0.911. The van der Waals surface area contributed by atoms with Gasteiger partial charge in [0.05, 0.1) is 0 Å². The lowest BCUT2D eigenvalue weighted by atomic mass is 10.0. The third kappa shape index (κ3) is 3.40. The van der Waals surface area contributed by atoms with Crippen molar-refractivity contribution < 1.29 is 9.59 Å². The number of nitrogens with one attached hydrogen (secondary N) is 2. The van der Waals surface area contributed by atoms with Crippen LogP contribution in [0.1, 0.15) is 26.7 Å². The smallest absolute Gasteiger partial charge is 0.251 e. The van der Waals surface area contributed by atoms with Crippen LogP contribution in [-0.2, 0) is 11.2 Å². The van der Waals surface area contributed by atoms with Gasteiger partial charge in [0.2, 0.25) is 5.91 Å². The monoisotopic (exact) mass is 326 g/mol. The van der Waals surface area contributed by atoms with E-state index in [9.17, 15) is 9.59 Å². The van der Waals surface area contributed by atoms with Gasteiger partial charge in [0.1, 0.15) is 5.25 Å². The lowest BCUT2D eigenvalue weighted by Crippen LogP contribution is -2.23. The van der Waals surface area contributed by atoms with E-state index in [0.717, 1.165) is 17.7 Å². The summed E-state index contributed by atoms with van der Waals surface area (Å²) in [5.41, 5.74) is 3.50. The lowest BCUT2D eigenvalue weighted by molar-refractivity contribution is -0.115. The second kappa shape index (κ2) is 6.87. The second-order valence-electron chi connectivity index (χ2n) is 5.35. The molecule has 0 spiro atoms. The summed E-state index contributed by atoms with van der Waals surface area (Å²) in [4.78, 5) is 24.3. The first-order chi connectivity index (χ1) is 11.2. The van der Waals surface area contributed by atoms with Crippen molar-refractivity contribution in [2.45, 2.75) is 11.7 Å². The highest BCUT2D eigenvalue weighted by molar-refractivity contribution is 8.00. The topological polar surface area (TPSA) is 58.2 Å². The molecule has 0 radical (unpaired) electrons. The van der Waals surface area contributed by atoms with Crippen molar-refractivity contribution in [2.24, 2.45) is 0 Å². The van der Waals surface area contributed by atoms with Gasteiger partial charge in [-0.1, -0.05) is 30.3 Å². The van der Waals surface area contributed by atoms with Crippen LogP contribution >= 0.6 is 11.8 Å². The Morgan fingerprint density at radius 2 is 1.96 bits per heavy atom. The number of hydrogen-bond donors (Lipinski definition) is 2. The fraction of sp³-hybridized carbons (Fsp3) is 0.222. The fourth-order valence-corrected chi connectivity index (χ4v) is 3.89. The van der Waals surface area contributed by atoms with E-state index < -0.39 is 0 Å². The highest BCUT2D eigenvalue weighted by Gasteiger charge is 2.26. The summed E-state index contributed by atoms with van der Waals surface area (Å²) in [5, 5.41) is 5.31. The molecule has 2 N–H and O–H groups in total. The van der Waals surface area contributed by atoms with Crippen molar-refractivity contribution in [2.75, 3.05) is 18.1 Å². The van der Waals surface area contributed by atoms with Gasteiger partial charge < -0.3 is 10.6 Å². The Labute approximate surface area is 139 Å². The summed E-state index contributed by atoms with van der Waals surface area (Å²) in [7, 11) is 1.59. The van der Waals surface area contributed by atoms with Gasteiger partial charge in [-0.2, -0.15) is 0 Å². The molecule has 0 saturated heterocycles. The van der Waals surface area contributed by atoms with Crippen LogP contribution in [0.3, 0.4) is 0 Å². The zero-order valence-electron chi connectivity index (χ0n) is 12.8. The molecule has 118 valence electrons. The number of aryl methyl sites for hydroxylation is 1. The van der Waals surface area contributed by atoms with Crippen molar-refractivity contribution in [3.63, 3.8) is 0 Å². The molecule has 0 fully saturated rings. The van der Waals surface area contributed by atoms with E-state index in [1.807, 2.05) is 18.2 Å². The van der Waals surface area contributed by atoms with Crippen LogP contribution in [-0.4, -0.2) is 24.6 Å². The maximum Gasteiger partial charge on any atom is 0.251 e. The first-order valence-corrected chi connectivity index (χ1v) is 8.56. The van der Waals surface area contributed by atoms with E-state index in [4.69, 9.17) is 0 Å². The molecular weight excluding hydrogens is 308 g/mol. The minimum Gasteiger partial charge on any atom is -0.355 e. The van der Waals surface area contributed by atoms with Gasteiger partial charge >= 0.3 is 0 Å². The predicted octanol–water partition coefficient (Wildman–Crippen LogP) is 3.02. The van der Waals surface area contributed by atoms with Gasteiger partial charge in [-0.05, 0) is 41.5 Å². The Kier molecular flexibility index (Phi) is 4.67. The third-order valence-electron chi connectivity index (χ3n) is 3.85. The van der Waals surface area contributed by atoms with E-state index in [-0.39, 0.29) is 17.1 Å². The average Bonchev–Trinajstić information content (AvgIpc) is 2.60. The van der Waals surface area contributed by atoms with Crippen LogP contribution in [0.5, 0.6) is 0 Å². The molecule has 2 aromatic rings. The number of carbonyl (C=O) groups is 2. The Bertz CT molecular complexity index is 745. The molecule has 5 heteroatoms. The zero-order valence-corrected chi connectivity index (χ0v) is 13.7. The molecule has 1 atom stereocenters. The fourth-order valence-electron chi connectivity index (χ4n) is 2.70. The molecule has 0 unspecified atom stereocenters. The zero-order chi connectivity index (χ0) is 16.2. The molecule has 0 bridgehead atoms. The van der Waals surface area contributed by atoms with E-state index in [1.165, 1.54) is 5.56 Å². The molecule has 4 nitrogen and oxygen atoms in total. The third-order valence-corrected chi connectivity index (χ3v) is 5.09. The van der Waals surface area contributed by atoms with Crippen LogP contribution < -0.4 is 10.6 Å². The number of rotatable bonds is 3. The summed E-state index contributed by atoms with van der Waals surface area (Å²) in [5.74, 6) is 0.725. The summed E-state index contributed by atoms with van der Waals surface area (Å²) in [6.45, 7) is 0. The highest BCUT2D eigenvalue weighted by Crippen LogP contribution is 2.37. The number of amides is 2. The van der Waals surface area contributed by atoms with E-state index >= 15 is 0 Å². The Morgan fingerprint density at radius 3 is 2.78 bits per heavy atom. The van der Waals surface area contributed by atoms with E-state index in [0.29, 0.717) is 11.3 Å². The van der Waals surface area contributed by atoms with Crippen LogP contribution in [0.2, 0.25) is 0 Å².